The Morgan fingerprint density at radius 2 is 2.00 bits per heavy atom. The second-order valence-corrected chi connectivity index (χ2v) is 4.61. The van der Waals surface area contributed by atoms with Crippen molar-refractivity contribution in [1.82, 2.24) is 9.97 Å². The smallest absolute Gasteiger partial charge is 0.142 e. The third-order valence-corrected chi connectivity index (χ3v) is 2.54. The summed E-state index contributed by atoms with van der Waals surface area (Å²) in [4.78, 5) is 8.45. The molecule has 0 fully saturated rings. The number of hydrogen-bond acceptors (Lipinski definition) is 4. The molecule has 0 aliphatic heterocycles. The number of nitrogens with one attached hydrogen (secondary N) is 1. The van der Waals surface area contributed by atoms with E-state index >= 15 is 0 Å². The van der Waals surface area contributed by atoms with Crippen LogP contribution in [-0.4, -0.2) is 16.1 Å². The van der Waals surface area contributed by atoms with Gasteiger partial charge in [0.05, 0.1) is 24.0 Å². The van der Waals surface area contributed by atoms with E-state index in [0.29, 0.717) is 6.54 Å². The summed E-state index contributed by atoms with van der Waals surface area (Å²) < 4.78 is 5.76. The lowest BCUT2D eigenvalue weighted by Gasteiger charge is -2.15. The first kappa shape index (κ1) is 13.3. The molecule has 0 saturated carbocycles. The summed E-state index contributed by atoms with van der Waals surface area (Å²) in [6.07, 6.45) is 1.93. The van der Waals surface area contributed by atoms with Crippen LogP contribution in [0.3, 0.4) is 0 Å². The SMILES string of the molecule is Cc1nccc(CNc2ccccc2OC(C)C)n1. The first-order valence-electron chi connectivity index (χ1n) is 6.43. The number of para-hydroxylation sites is 2. The highest BCUT2D eigenvalue weighted by molar-refractivity contribution is 5.56. The van der Waals surface area contributed by atoms with Gasteiger partial charge in [0.2, 0.25) is 0 Å². The number of ether oxygens (including phenoxy) is 1. The second kappa shape index (κ2) is 6.18. The van der Waals surface area contributed by atoms with Crippen molar-refractivity contribution in [3.8, 4) is 5.75 Å². The van der Waals surface area contributed by atoms with Crippen molar-refractivity contribution in [3.05, 3.63) is 48.0 Å². The second-order valence-electron chi connectivity index (χ2n) is 4.61. The quantitative estimate of drug-likeness (QED) is 0.893. The van der Waals surface area contributed by atoms with Gasteiger partial charge in [0.25, 0.3) is 0 Å². The molecule has 2 rings (SSSR count). The monoisotopic (exact) mass is 257 g/mol. The van der Waals surface area contributed by atoms with Crippen LogP contribution in [0, 0.1) is 6.92 Å². The molecule has 0 saturated heterocycles. The largest absolute Gasteiger partial charge is 0.489 e. The molecule has 0 aliphatic carbocycles. The Balaban J connectivity index is 2.07. The molecule has 4 nitrogen and oxygen atoms in total. The maximum atomic E-state index is 5.76. The topological polar surface area (TPSA) is 47.0 Å². The van der Waals surface area contributed by atoms with Gasteiger partial charge in [-0.05, 0) is 39.0 Å². The molecule has 100 valence electrons. The summed E-state index contributed by atoms with van der Waals surface area (Å²) in [5.41, 5.74) is 1.94. The van der Waals surface area contributed by atoms with E-state index in [2.05, 4.69) is 15.3 Å². The van der Waals surface area contributed by atoms with E-state index in [1.165, 1.54) is 0 Å². The molecule has 1 heterocycles. The molecule has 0 radical (unpaired) electrons. The first-order valence-corrected chi connectivity index (χ1v) is 6.43. The summed E-state index contributed by atoms with van der Waals surface area (Å²) >= 11 is 0. The van der Waals surface area contributed by atoms with Gasteiger partial charge in [0.1, 0.15) is 11.6 Å². The molecule has 0 amide bonds. The van der Waals surface area contributed by atoms with E-state index in [4.69, 9.17) is 4.74 Å². The van der Waals surface area contributed by atoms with Gasteiger partial charge >= 0.3 is 0 Å². The molecule has 0 aliphatic rings. The molecule has 0 unspecified atom stereocenters. The summed E-state index contributed by atoms with van der Waals surface area (Å²) in [7, 11) is 0. The van der Waals surface area contributed by atoms with Crippen molar-refractivity contribution in [1.29, 1.82) is 0 Å². The molecule has 4 heteroatoms. The maximum Gasteiger partial charge on any atom is 0.142 e. The third kappa shape index (κ3) is 3.95. The minimum Gasteiger partial charge on any atom is -0.489 e. The maximum absolute atomic E-state index is 5.76. The van der Waals surface area contributed by atoms with Crippen molar-refractivity contribution >= 4 is 5.69 Å². The summed E-state index contributed by atoms with van der Waals surface area (Å²) in [6, 6.07) is 9.84. The van der Waals surface area contributed by atoms with Gasteiger partial charge in [0, 0.05) is 6.20 Å². The standard InChI is InChI=1S/C15H19N3O/c1-11(2)19-15-7-5-4-6-14(15)17-10-13-8-9-16-12(3)18-13/h4-9,11,17H,10H2,1-3H3. The van der Waals surface area contributed by atoms with E-state index in [1.54, 1.807) is 6.20 Å². The summed E-state index contributed by atoms with van der Waals surface area (Å²) in [5, 5.41) is 3.35. The Hall–Kier alpha value is -2.10. The van der Waals surface area contributed by atoms with Crippen LogP contribution in [0.2, 0.25) is 0 Å². The Kier molecular flexibility index (Phi) is 4.34. The van der Waals surface area contributed by atoms with Crippen LogP contribution in [0.1, 0.15) is 25.4 Å². The van der Waals surface area contributed by atoms with E-state index in [9.17, 15) is 0 Å². The molecular weight excluding hydrogens is 238 g/mol. The molecular formula is C15H19N3O. The molecule has 1 aromatic carbocycles. The Labute approximate surface area is 113 Å². The number of benzene rings is 1. The predicted octanol–water partition coefficient (Wildman–Crippen LogP) is 3.18. The average Bonchev–Trinajstić information content (AvgIpc) is 2.37. The first-order chi connectivity index (χ1) is 9.15. The van der Waals surface area contributed by atoms with Crippen molar-refractivity contribution in [2.45, 2.75) is 33.4 Å². The van der Waals surface area contributed by atoms with Gasteiger partial charge in [-0.1, -0.05) is 12.1 Å². The minimum absolute atomic E-state index is 0.157. The molecule has 2 aromatic rings. The fourth-order valence-corrected chi connectivity index (χ4v) is 1.76. The molecule has 0 spiro atoms. The van der Waals surface area contributed by atoms with Crippen LogP contribution < -0.4 is 10.1 Å². The van der Waals surface area contributed by atoms with Crippen LogP contribution >= 0.6 is 0 Å². The number of rotatable bonds is 5. The fourth-order valence-electron chi connectivity index (χ4n) is 1.76. The van der Waals surface area contributed by atoms with E-state index in [-0.39, 0.29) is 6.10 Å². The Morgan fingerprint density at radius 1 is 1.21 bits per heavy atom. The lowest BCUT2D eigenvalue weighted by atomic mass is 10.2. The lowest BCUT2D eigenvalue weighted by molar-refractivity contribution is 0.243. The normalized spacial score (nSPS) is 10.5. The number of anilines is 1. The summed E-state index contributed by atoms with van der Waals surface area (Å²) in [5.74, 6) is 1.65. The van der Waals surface area contributed by atoms with E-state index < -0.39 is 0 Å². The third-order valence-electron chi connectivity index (χ3n) is 2.54. The average molecular weight is 257 g/mol. The van der Waals surface area contributed by atoms with Crippen LogP contribution in [0.25, 0.3) is 0 Å². The fraction of sp³-hybridized carbons (Fsp3) is 0.333. The van der Waals surface area contributed by atoms with Gasteiger partial charge in [-0.2, -0.15) is 0 Å². The lowest BCUT2D eigenvalue weighted by Crippen LogP contribution is -2.09. The van der Waals surface area contributed by atoms with Crippen LogP contribution in [0.15, 0.2) is 36.5 Å². The van der Waals surface area contributed by atoms with Gasteiger partial charge < -0.3 is 10.1 Å². The highest BCUT2D eigenvalue weighted by atomic mass is 16.5. The molecule has 0 bridgehead atoms. The molecule has 19 heavy (non-hydrogen) atoms. The number of aryl methyl sites for hydroxylation is 1. The van der Waals surface area contributed by atoms with Crippen molar-refractivity contribution in [2.24, 2.45) is 0 Å². The van der Waals surface area contributed by atoms with Crippen LogP contribution in [-0.2, 0) is 6.54 Å². The zero-order chi connectivity index (χ0) is 13.7. The van der Waals surface area contributed by atoms with Gasteiger partial charge in [-0.25, -0.2) is 9.97 Å². The predicted molar refractivity (Wildman–Crippen MR) is 76.3 cm³/mol. The van der Waals surface area contributed by atoms with Crippen LogP contribution in [0.4, 0.5) is 5.69 Å². The highest BCUT2D eigenvalue weighted by Gasteiger charge is 2.05. The van der Waals surface area contributed by atoms with Crippen molar-refractivity contribution < 1.29 is 4.74 Å². The van der Waals surface area contributed by atoms with Crippen LogP contribution in [0.5, 0.6) is 5.75 Å². The number of nitrogens with zero attached hydrogens (tertiary/aromatic N) is 2. The van der Waals surface area contributed by atoms with Crippen molar-refractivity contribution in [2.75, 3.05) is 5.32 Å². The molecule has 1 aromatic heterocycles. The Morgan fingerprint density at radius 3 is 2.74 bits per heavy atom. The van der Waals surface area contributed by atoms with Gasteiger partial charge in [0.15, 0.2) is 0 Å². The number of hydrogen-bond donors (Lipinski definition) is 1. The van der Waals surface area contributed by atoms with Crippen molar-refractivity contribution in [3.63, 3.8) is 0 Å². The zero-order valence-corrected chi connectivity index (χ0v) is 11.6. The van der Waals surface area contributed by atoms with E-state index in [1.807, 2.05) is 51.1 Å². The zero-order valence-electron chi connectivity index (χ0n) is 11.6. The number of aromatic nitrogens is 2. The minimum atomic E-state index is 0.157. The van der Waals surface area contributed by atoms with E-state index in [0.717, 1.165) is 23.0 Å². The molecule has 1 N–H and O–H groups in total. The summed E-state index contributed by atoms with van der Waals surface area (Å²) in [6.45, 7) is 6.58. The highest BCUT2D eigenvalue weighted by Crippen LogP contribution is 2.25. The Bertz CT molecular complexity index is 540. The molecule has 0 atom stereocenters. The van der Waals surface area contributed by atoms with Gasteiger partial charge in [-0.3, -0.25) is 0 Å². The van der Waals surface area contributed by atoms with Gasteiger partial charge in [-0.15, -0.1) is 0 Å².